The number of hydrogen-bond donors (Lipinski definition) is 1. The topological polar surface area (TPSA) is 119 Å². The molecule has 1 aromatic carbocycles. The smallest absolute Gasteiger partial charge is 0.296 e. The molecule has 0 saturated carbocycles. The number of aliphatic hydroxyl groups excluding tert-OH is 1. The van der Waals surface area contributed by atoms with Crippen LogP contribution in [0, 0.1) is 20.8 Å². The number of unbranched alkanes of at least 4 members (excludes halogenated alkanes) is 2. The van der Waals surface area contributed by atoms with Gasteiger partial charge in [-0.3, -0.25) is 19.3 Å². The Balaban J connectivity index is 1.85. The van der Waals surface area contributed by atoms with Gasteiger partial charge in [-0.15, -0.1) is 11.3 Å². The van der Waals surface area contributed by atoms with E-state index in [1.807, 2.05) is 6.92 Å². The highest BCUT2D eigenvalue weighted by atomic mass is 32.1. The van der Waals surface area contributed by atoms with E-state index in [0.717, 1.165) is 30.6 Å². The fraction of sp³-hybridized carbons (Fsp3) is 0.414. The molecule has 1 N–H and O–H groups in total. The molecule has 40 heavy (non-hydrogen) atoms. The third-order valence-electron chi connectivity index (χ3n) is 6.46. The van der Waals surface area contributed by atoms with Gasteiger partial charge in [-0.05, 0) is 51.8 Å². The first-order chi connectivity index (χ1) is 19.1. The molecule has 1 atom stereocenters. The first kappa shape index (κ1) is 29.4. The van der Waals surface area contributed by atoms with Crippen LogP contribution in [0.1, 0.15) is 87.4 Å². The predicted molar refractivity (Wildman–Crippen MR) is 155 cm³/mol. The molecule has 0 bridgehead atoms. The average Bonchev–Trinajstić information content (AvgIpc) is 3.54. The lowest BCUT2D eigenvalue weighted by atomic mass is 9.95. The second-order valence-electron chi connectivity index (χ2n) is 9.48. The molecule has 11 heteroatoms. The second-order valence-corrected chi connectivity index (χ2v) is 11.7. The molecule has 1 aliphatic heterocycles. The molecular formula is C29H33N3O6S2. The molecule has 9 nitrogen and oxygen atoms in total. The van der Waals surface area contributed by atoms with E-state index in [4.69, 9.17) is 9.47 Å². The van der Waals surface area contributed by atoms with Crippen LogP contribution in [-0.4, -0.2) is 45.8 Å². The van der Waals surface area contributed by atoms with E-state index in [2.05, 4.69) is 16.9 Å². The Morgan fingerprint density at radius 1 is 1.00 bits per heavy atom. The number of aromatic nitrogens is 2. The van der Waals surface area contributed by atoms with Crippen molar-refractivity contribution < 1.29 is 29.0 Å². The minimum atomic E-state index is -1.01. The number of carbonyl (C=O) groups is 3. The molecule has 212 valence electrons. The van der Waals surface area contributed by atoms with Gasteiger partial charge in [0.2, 0.25) is 5.78 Å². The van der Waals surface area contributed by atoms with E-state index < -0.39 is 23.5 Å². The third kappa shape index (κ3) is 5.66. The van der Waals surface area contributed by atoms with Crippen LogP contribution >= 0.6 is 22.7 Å². The lowest BCUT2D eigenvalue weighted by molar-refractivity contribution is -0.117. The number of thiazole rings is 2. The zero-order valence-corrected chi connectivity index (χ0v) is 25.1. The van der Waals surface area contributed by atoms with Crippen LogP contribution in [0.2, 0.25) is 0 Å². The number of aryl methyl sites for hydroxylation is 3. The van der Waals surface area contributed by atoms with Crippen LogP contribution in [0.15, 0.2) is 29.5 Å². The van der Waals surface area contributed by atoms with Crippen molar-refractivity contribution in [2.75, 3.05) is 18.1 Å². The second kappa shape index (κ2) is 12.3. The number of rotatable bonds is 12. The third-order valence-corrected chi connectivity index (χ3v) is 8.79. The van der Waals surface area contributed by atoms with Crippen molar-refractivity contribution in [1.82, 2.24) is 9.97 Å². The summed E-state index contributed by atoms with van der Waals surface area (Å²) in [5.41, 5.74) is 1.44. The lowest BCUT2D eigenvalue weighted by Gasteiger charge is -2.25. The highest BCUT2D eigenvalue weighted by Gasteiger charge is 2.47. The number of carbonyl (C=O) groups excluding carboxylic acids is 3. The number of amides is 1. The van der Waals surface area contributed by atoms with Crippen LogP contribution in [0.4, 0.5) is 5.13 Å². The number of ketones is 2. The fourth-order valence-corrected chi connectivity index (χ4v) is 6.51. The number of nitrogens with zero attached hydrogens (tertiary/aromatic N) is 3. The Bertz CT molecular complexity index is 1490. The molecule has 1 unspecified atom stereocenters. The summed E-state index contributed by atoms with van der Waals surface area (Å²) in [6.45, 7) is 11.5. The van der Waals surface area contributed by atoms with E-state index in [0.29, 0.717) is 56.4 Å². The number of aliphatic hydroxyl groups is 1. The van der Waals surface area contributed by atoms with E-state index >= 15 is 0 Å². The Morgan fingerprint density at radius 2 is 1.73 bits per heavy atom. The number of ether oxygens (including phenoxy) is 2. The SMILES string of the molecule is CCCCCOc1ccc(C2C(C(=O)c3sc(C)nc3C)=C(O)C(=O)N2c2nc(C)c(C(C)=O)s2)cc1OCC. The Labute approximate surface area is 241 Å². The molecule has 0 fully saturated rings. The first-order valence-electron chi connectivity index (χ1n) is 13.2. The lowest BCUT2D eigenvalue weighted by Crippen LogP contribution is -2.31. The van der Waals surface area contributed by atoms with E-state index in [1.54, 1.807) is 39.0 Å². The number of Topliss-reactive ketones (excluding diaryl/α,β-unsaturated/α-hetero) is 2. The summed E-state index contributed by atoms with van der Waals surface area (Å²) in [6, 6.07) is 4.22. The molecule has 2 aromatic heterocycles. The molecule has 0 spiro atoms. The molecule has 0 saturated heterocycles. The number of benzene rings is 1. The molecule has 0 aliphatic carbocycles. The zero-order valence-electron chi connectivity index (χ0n) is 23.5. The summed E-state index contributed by atoms with van der Waals surface area (Å²) in [6.07, 6.45) is 3.02. The van der Waals surface area contributed by atoms with Gasteiger partial charge in [-0.25, -0.2) is 9.97 Å². The molecule has 1 aliphatic rings. The van der Waals surface area contributed by atoms with Crippen LogP contribution in [-0.2, 0) is 4.79 Å². The maximum atomic E-state index is 13.9. The predicted octanol–water partition coefficient (Wildman–Crippen LogP) is 6.48. The van der Waals surface area contributed by atoms with E-state index in [-0.39, 0.29) is 16.5 Å². The Hall–Kier alpha value is -3.57. The molecule has 3 aromatic rings. The van der Waals surface area contributed by atoms with Gasteiger partial charge in [0.05, 0.1) is 51.0 Å². The largest absolute Gasteiger partial charge is 0.503 e. The van der Waals surface area contributed by atoms with Gasteiger partial charge in [-0.2, -0.15) is 0 Å². The normalized spacial score (nSPS) is 15.2. The fourth-order valence-electron chi connectivity index (χ4n) is 4.64. The van der Waals surface area contributed by atoms with E-state index in [9.17, 15) is 19.5 Å². The monoisotopic (exact) mass is 583 g/mol. The van der Waals surface area contributed by atoms with Crippen LogP contribution in [0.25, 0.3) is 0 Å². The van der Waals surface area contributed by atoms with Gasteiger partial charge >= 0.3 is 0 Å². The van der Waals surface area contributed by atoms with Gasteiger partial charge in [0.15, 0.2) is 28.2 Å². The van der Waals surface area contributed by atoms with Crippen molar-refractivity contribution in [3.63, 3.8) is 0 Å². The quantitative estimate of drug-likeness (QED) is 0.190. The summed E-state index contributed by atoms with van der Waals surface area (Å²) in [4.78, 5) is 50.5. The molecule has 1 amide bonds. The first-order valence-corrected chi connectivity index (χ1v) is 14.9. The summed E-state index contributed by atoms with van der Waals surface area (Å²) in [7, 11) is 0. The maximum absolute atomic E-state index is 13.9. The maximum Gasteiger partial charge on any atom is 0.296 e. The summed E-state index contributed by atoms with van der Waals surface area (Å²) in [5.74, 6) is -1.08. The van der Waals surface area contributed by atoms with Crippen LogP contribution < -0.4 is 14.4 Å². The molecule has 4 rings (SSSR count). The van der Waals surface area contributed by atoms with Gasteiger partial charge in [0.25, 0.3) is 5.91 Å². The Kier molecular flexibility index (Phi) is 9.05. The Morgan fingerprint density at radius 3 is 2.33 bits per heavy atom. The van der Waals surface area contributed by atoms with Crippen molar-refractivity contribution in [2.24, 2.45) is 0 Å². The van der Waals surface area contributed by atoms with Crippen molar-refractivity contribution in [2.45, 2.75) is 66.8 Å². The number of anilines is 1. The van der Waals surface area contributed by atoms with Crippen molar-refractivity contribution in [1.29, 1.82) is 0 Å². The summed E-state index contributed by atoms with van der Waals surface area (Å²) < 4.78 is 11.9. The standard InChI is InChI=1S/C29H33N3O6S2/c1-7-9-10-13-38-20-12-11-19(14-21(20)37-8-2)23-22(24(34)27-16(4)30-18(6)39-27)25(35)28(36)32(23)29-31-15(3)26(40-29)17(5)33/h11-12,14,23,35H,7-10,13H2,1-6H3. The highest BCUT2D eigenvalue weighted by Crippen LogP contribution is 2.46. The van der Waals surface area contributed by atoms with Crippen molar-refractivity contribution in [3.8, 4) is 11.5 Å². The number of hydrogen-bond acceptors (Lipinski definition) is 10. The van der Waals surface area contributed by atoms with Crippen LogP contribution in [0.3, 0.4) is 0 Å². The highest BCUT2D eigenvalue weighted by molar-refractivity contribution is 7.18. The van der Waals surface area contributed by atoms with Gasteiger partial charge in [0, 0.05) is 6.92 Å². The minimum Gasteiger partial charge on any atom is -0.503 e. The van der Waals surface area contributed by atoms with Gasteiger partial charge < -0.3 is 14.6 Å². The molecule has 0 radical (unpaired) electrons. The molecule has 3 heterocycles. The zero-order chi connectivity index (χ0) is 29.1. The summed E-state index contributed by atoms with van der Waals surface area (Å²) in [5, 5.41) is 12.0. The van der Waals surface area contributed by atoms with Gasteiger partial charge in [-0.1, -0.05) is 37.2 Å². The van der Waals surface area contributed by atoms with Gasteiger partial charge in [0.1, 0.15) is 0 Å². The van der Waals surface area contributed by atoms with Crippen molar-refractivity contribution >= 4 is 45.3 Å². The average molecular weight is 584 g/mol. The van der Waals surface area contributed by atoms with E-state index in [1.165, 1.54) is 23.2 Å². The molecular weight excluding hydrogens is 550 g/mol. The van der Waals surface area contributed by atoms with Crippen molar-refractivity contribution in [3.05, 3.63) is 61.2 Å². The summed E-state index contributed by atoms with van der Waals surface area (Å²) >= 11 is 2.25. The van der Waals surface area contributed by atoms with Crippen LogP contribution in [0.5, 0.6) is 11.5 Å². The minimum absolute atomic E-state index is 0.0759.